The molecule has 146 valence electrons. The molecule has 1 aliphatic carbocycles. The van der Waals surface area contributed by atoms with E-state index in [-0.39, 0.29) is 5.91 Å². The highest BCUT2D eigenvalue weighted by Gasteiger charge is 2.21. The first kappa shape index (κ1) is 19.1. The number of amides is 1. The summed E-state index contributed by atoms with van der Waals surface area (Å²) >= 11 is 6.27. The molecule has 8 heteroatoms. The Hall–Kier alpha value is -2.19. The molecule has 0 bridgehead atoms. The van der Waals surface area contributed by atoms with Crippen LogP contribution in [0.3, 0.4) is 0 Å². The molecule has 2 aliphatic rings. The Balaban J connectivity index is 1.30. The number of nitrogens with one attached hydrogen (secondary N) is 1. The zero-order valence-electron chi connectivity index (χ0n) is 15.5. The van der Waals surface area contributed by atoms with Gasteiger partial charge in [-0.1, -0.05) is 60.6 Å². The smallest absolute Gasteiger partial charge is 0.263 e. The molecular formula is C20H22N4O2S2. The van der Waals surface area contributed by atoms with E-state index in [9.17, 15) is 4.79 Å². The Morgan fingerprint density at radius 2 is 2.04 bits per heavy atom. The first-order valence-electron chi connectivity index (χ1n) is 9.52. The average molecular weight is 415 g/mol. The van der Waals surface area contributed by atoms with E-state index in [1.807, 2.05) is 41.2 Å². The average Bonchev–Trinajstić information content (AvgIpc) is 3.27. The van der Waals surface area contributed by atoms with Crippen LogP contribution >= 0.6 is 24.0 Å². The van der Waals surface area contributed by atoms with Crippen molar-refractivity contribution < 1.29 is 9.53 Å². The van der Waals surface area contributed by atoms with Gasteiger partial charge in [0, 0.05) is 6.54 Å². The maximum absolute atomic E-state index is 11.7. The molecule has 1 saturated heterocycles. The summed E-state index contributed by atoms with van der Waals surface area (Å²) in [6.45, 7) is 1.34. The fourth-order valence-corrected chi connectivity index (χ4v) is 4.56. The molecule has 2 fully saturated rings. The van der Waals surface area contributed by atoms with E-state index in [0.29, 0.717) is 15.8 Å². The highest BCUT2D eigenvalue weighted by molar-refractivity contribution is 8.26. The maximum Gasteiger partial charge on any atom is 0.263 e. The zero-order chi connectivity index (χ0) is 19.3. The van der Waals surface area contributed by atoms with Crippen molar-refractivity contribution in [1.82, 2.24) is 20.3 Å². The van der Waals surface area contributed by atoms with Gasteiger partial charge in [0.15, 0.2) is 0 Å². The van der Waals surface area contributed by atoms with Crippen LogP contribution in [0.2, 0.25) is 0 Å². The summed E-state index contributed by atoms with van der Waals surface area (Å²) in [7, 11) is 0. The Labute approximate surface area is 173 Å². The minimum Gasteiger partial charge on any atom is -0.487 e. The van der Waals surface area contributed by atoms with Crippen molar-refractivity contribution in [2.75, 3.05) is 0 Å². The molecule has 0 spiro atoms. The third-order valence-corrected chi connectivity index (χ3v) is 6.13. The first-order chi connectivity index (χ1) is 13.7. The molecule has 4 rings (SSSR count). The lowest BCUT2D eigenvalue weighted by atomic mass is 9.89. The van der Waals surface area contributed by atoms with Crippen LogP contribution in [-0.2, 0) is 17.9 Å². The molecule has 1 amide bonds. The number of carbonyl (C=O) groups is 1. The minimum atomic E-state index is -0.147. The van der Waals surface area contributed by atoms with Crippen LogP contribution in [0.1, 0.15) is 43.4 Å². The molecule has 1 aromatic carbocycles. The van der Waals surface area contributed by atoms with Gasteiger partial charge in [-0.2, -0.15) is 0 Å². The van der Waals surface area contributed by atoms with Crippen molar-refractivity contribution in [3.05, 3.63) is 46.6 Å². The number of rotatable bonds is 6. The van der Waals surface area contributed by atoms with Gasteiger partial charge in [-0.15, -0.1) is 5.10 Å². The maximum atomic E-state index is 11.7. The second kappa shape index (κ2) is 8.87. The lowest BCUT2D eigenvalue weighted by molar-refractivity contribution is -0.115. The topological polar surface area (TPSA) is 69.0 Å². The number of hydrogen-bond acceptors (Lipinski definition) is 6. The largest absolute Gasteiger partial charge is 0.487 e. The third kappa shape index (κ3) is 4.99. The van der Waals surface area contributed by atoms with Gasteiger partial charge in [0.2, 0.25) is 0 Å². The monoisotopic (exact) mass is 414 g/mol. The van der Waals surface area contributed by atoms with E-state index < -0.39 is 0 Å². The summed E-state index contributed by atoms with van der Waals surface area (Å²) < 4.78 is 8.25. The van der Waals surface area contributed by atoms with Crippen molar-refractivity contribution in [3.63, 3.8) is 0 Å². The number of thiocarbonyl (C=S) groups is 1. The molecule has 0 radical (unpaired) electrons. The van der Waals surface area contributed by atoms with Crippen LogP contribution in [0.4, 0.5) is 0 Å². The minimum absolute atomic E-state index is 0.147. The molecule has 0 atom stereocenters. The number of benzene rings is 1. The fraction of sp³-hybridized carbons (Fsp3) is 0.400. The van der Waals surface area contributed by atoms with E-state index in [1.165, 1.54) is 43.9 Å². The molecule has 1 N–H and O–H groups in total. The fourth-order valence-electron chi connectivity index (χ4n) is 3.52. The van der Waals surface area contributed by atoms with Gasteiger partial charge in [0.25, 0.3) is 5.91 Å². The quantitative estimate of drug-likeness (QED) is 0.571. The predicted octanol–water partition coefficient (Wildman–Crippen LogP) is 3.93. The van der Waals surface area contributed by atoms with Crippen LogP contribution in [0.5, 0.6) is 5.75 Å². The molecular weight excluding hydrogens is 392 g/mol. The predicted molar refractivity (Wildman–Crippen MR) is 114 cm³/mol. The van der Waals surface area contributed by atoms with Crippen LogP contribution in [0.15, 0.2) is 35.4 Å². The first-order valence-corrected chi connectivity index (χ1v) is 10.7. The molecule has 28 heavy (non-hydrogen) atoms. The second-order valence-electron chi connectivity index (χ2n) is 7.15. The number of nitrogens with zero attached hydrogens (tertiary/aromatic N) is 3. The Kier molecular flexibility index (Phi) is 6.07. The van der Waals surface area contributed by atoms with Gasteiger partial charge in [0.05, 0.1) is 11.1 Å². The van der Waals surface area contributed by atoms with E-state index in [0.717, 1.165) is 29.5 Å². The molecule has 0 unspecified atom stereocenters. The zero-order valence-corrected chi connectivity index (χ0v) is 17.1. The molecule has 2 heterocycles. The normalized spacial score (nSPS) is 19.2. The Morgan fingerprint density at radius 3 is 2.75 bits per heavy atom. The number of hydrogen-bond donors (Lipinski definition) is 1. The van der Waals surface area contributed by atoms with Crippen LogP contribution in [0.25, 0.3) is 6.08 Å². The lowest BCUT2D eigenvalue weighted by Crippen LogP contribution is -2.17. The van der Waals surface area contributed by atoms with Gasteiger partial charge in [-0.3, -0.25) is 9.48 Å². The van der Waals surface area contributed by atoms with E-state index in [1.54, 1.807) is 0 Å². The summed E-state index contributed by atoms with van der Waals surface area (Å²) in [5.74, 6) is 1.33. The molecule has 2 aromatic rings. The number of thioether (sulfide) groups is 1. The lowest BCUT2D eigenvalue weighted by Gasteiger charge is -2.20. The summed E-state index contributed by atoms with van der Waals surface area (Å²) in [4.78, 5) is 12.3. The highest BCUT2D eigenvalue weighted by Crippen LogP contribution is 2.27. The highest BCUT2D eigenvalue weighted by atomic mass is 32.2. The number of aromatic nitrogens is 3. The van der Waals surface area contributed by atoms with Crippen LogP contribution < -0.4 is 10.1 Å². The van der Waals surface area contributed by atoms with E-state index in [4.69, 9.17) is 17.0 Å². The summed E-state index contributed by atoms with van der Waals surface area (Å²) in [6, 6.07) is 7.60. The second-order valence-corrected chi connectivity index (χ2v) is 8.86. The van der Waals surface area contributed by atoms with E-state index >= 15 is 0 Å². The van der Waals surface area contributed by atoms with Crippen molar-refractivity contribution >= 4 is 40.3 Å². The van der Waals surface area contributed by atoms with Crippen LogP contribution in [0, 0.1) is 5.92 Å². The van der Waals surface area contributed by atoms with Gasteiger partial charge < -0.3 is 10.1 Å². The van der Waals surface area contributed by atoms with Crippen LogP contribution in [-0.4, -0.2) is 25.2 Å². The van der Waals surface area contributed by atoms with Gasteiger partial charge in [-0.05, 0) is 42.5 Å². The molecule has 6 nitrogen and oxygen atoms in total. The van der Waals surface area contributed by atoms with Crippen molar-refractivity contribution in [1.29, 1.82) is 0 Å². The summed E-state index contributed by atoms with van der Waals surface area (Å²) in [5, 5.41) is 11.1. The Morgan fingerprint density at radius 1 is 1.25 bits per heavy atom. The van der Waals surface area contributed by atoms with Crippen molar-refractivity contribution in [2.45, 2.75) is 45.3 Å². The van der Waals surface area contributed by atoms with Gasteiger partial charge >= 0.3 is 0 Å². The molecule has 1 aromatic heterocycles. The SMILES string of the molecule is O=C1NC(=S)S/C1=C/c1ccc(OCc2cn(CC3CCCCC3)nn2)cc1. The molecule has 1 aliphatic heterocycles. The van der Waals surface area contributed by atoms with Crippen molar-refractivity contribution in [2.24, 2.45) is 5.92 Å². The number of ether oxygens (including phenoxy) is 1. The standard InChI is InChI=1S/C20H22N4O2S2/c25-19-18(28-20(27)21-19)10-14-6-8-17(9-7-14)26-13-16-12-24(23-22-16)11-15-4-2-1-3-5-15/h6-10,12,15H,1-5,11,13H2,(H,21,25,27)/b18-10+. The van der Waals surface area contributed by atoms with Gasteiger partial charge in [0.1, 0.15) is 22.4 Å². The summed E-state index contributed by atoms with van der Waals surface area (Å²) in [5.41, 5.74) is 1.75. The third-order valence-electron chi connectivity index (χ3n) is 4.96. The summed E-state index contributed by atoms with van der Waals surface area (Å²) in [6.07, 6.45) is 10.4. The Bertz CT molecular complexity index is 886. The van der Waals surface area contributed by atoms with E-state index in [2.05, 4.69) is 15.6 Å². The van der Waals surface area contributed by atoms with Gasteiger partial charge in [-0.25, -0.2) is 0 Å². The van der Waals surface area contributed by atoms with Crippen molar-refractivity contribution in [3.8, 4) is 5.75 Å². The molecule has 1 saturated carbocycles. The number of carbonyl (C=O) groups excluding carboxylic acids is 1.